The third-order valence-electron chi connectivity index (χ3n) is 4.84. The Balaban J connectivity index is 2.44. The minimum Gasteiger partial charge on any atom is -0.352 e. The van der Waals surface area contributed by atoms with E-state index < -0.39 is 10.0 Å². The number of aromatic nitrogens is 2. The molecule has 0 aliphatic carbocycles. The van der Waals surface area contributed by atoms with Crippen LogP contribution in [-0.2, 0) is 21.4 Å². The highest BCUT2D eigenvalue weighted by Crippen LogP contribution is 2.30. The predicted octanol–water partition coefficient (Wildman–Crippen LogP) is 3.65. The summed E-state index contributed by atoms with van der Waals surface area (Å²) in [6, 6.07) is 5.10. The van der Waals surface area contributed by atoms with Crippen molar-refractivity contribution in [2.45, 2.75) is 62.4 Å². The largest absolute Gasteiger partial charge is 0.352 e. The van der Waals surface area contributed by atoms with Crippen LogP contribution in [0, 0.1) is 0 Å². The Morgan fingerprint density at radius 2 is 2.03 bits per heavy atom. The molecule has 1 aromatic heterocycles. The van der Waals surface area contributed by atoms with Crippen molar-refractivity contribution >= 4 is 38.7 Å². The van der Waals surface area contributed by atoms with E-state index in [1.165, 1.54) is 16.1 Å². The molecule has 0 aliphatic heterocycles. The number of aryl methyl sites for hydroxylation is 1. The van der Waals surface area contributed by atoms with E-state index in [1.54, 1.807) is 18.2 Å². The molecule has 0 aliphatic rings. The molecule has 1 aromatic carbocycles. The maximum absolute atomic E-state index is 12.9. The summed E-state index contributed by atoms with van der Waals surface area (Å²) in [6.45, 7) is 13.2. The summed E-state index contributed by atoms with van der Waals surface area (Å²) in [5, 5.41) is 3.19. The zero-order valence-corrected chi connectivity index (χ0v) is 19.9. The molecule has 0 radical (unpaired) electrons. The van der Waals surface area contributed by atoms with Crippen LogP contribution in [0.2, 0.25) is 0 Å². The van der Waals surface area contributed by atoms with Crippen LogP contribution in [0.4, 0.5) is 0 Å². The lowest BCUT2D eigenvalue weighted by Gasteiger charge is -2.18. The third kappa shape index (κ3) is 5.44. The maximum Gasteiger partial charge on any atom is 0.243 e. The van der Waals surface area contributed by atoms with Crippen molar-refractivity contribution in [2.75, 3.05) is 19.6 Å². The fourth-order valence-corrected chi connectivity index (χ4v) is 5.56. The second-order valence-corrected chi connectivity index (χ2v) is 10.2. The van der Waals surface area contributed by atoms with Gasteiger partial charge in [0.15, 0.2) is 5.16 Å². The van der Waals surface area contributed by atoms with Crippen LogP contribution in [0.25, 0.3) is 11.0 Å². The maximum atomic E-state index is 12.9. The molecule has 1 heterocycles. The minimum atomic E-state index is -3.56. The molecule has 2 rings (SSSR count). The first-order valence-electron chi connectivity index (χ1n) is 10.4. The number of carbonyl (C=O) groups is 1. The summed E-state index contributed by atoms with van der Waals surface area (Å²) in [4.78, 5) is 17.2. The number of nitrogens with zero attached hydrogens (tertiary/aromatic N) is 3. The van der Waals surface area contributed by atoms with Crippen molar-refractivity contribution in [1.82, 2.24) is 19.2 Å². The molecule has 1 amide bonds. The summed E-state index contributed by atoms with van der Waals surface area (Å²) >= 11 is 1.38. The molecular weight excluding hydrogens is 420 g/mol. The van der Waals surface area contributed by atoms with Gasteiger partial charge in [-0.3, -0.25) is 4.79 Å². The van der Waals surface area contributed by atoms with Crippen LogP contribution in [0.5, 0.6) is 0 Å². The van der Waals surface area contributed by atoms with Gasteiger partial charge in [0, 0.05) is 26.2 Å². The van der Waals surface area contributed by atoms with Gasteiger partial charge in [0.25, 0.3) is 0 Å². The zero-order chi connectivity index (χ0) is 22.3. The van der Waals surface area contributed by atoms with Crippen molar-refractivity contribution in [3.05, 3.63) is 30.9 Å². The van der Waals surface area contributed by atoms with Crippen molar-refractivity contribution in [2.24, 2.45) is 0 Å². The fourth-order valence-electron chi connectivity index (χ4n) is 3.11. The summed E-state index contributed by atoms with van der Waals surface area (Å²) < 4.78 is 29.3. The Labute approximate surface area is 184 Å². The van der Waals surface area contributed by atoms with Crippen molar-refractivity contribution in [1.29, 1.82) is 0 Å². The number of hydrogen-bond acceptors (Lipinski definition) is 5. The van der Waals surface area contributed by atoms with E-state index in [0.29, 0.717) is 25.2 Å². The Hall–Kier alpha value is -1.84. The molecule has 0 unspecified atom stereocenters. The first-order valence-corrected chi connectivity index (χ1v) is 12.7. The van der Waals surface area contributed by atoms with E-state index in [0.717, 1.165) is 30.1 Å². The second kappa shape index (κ2) is 11.0. The van der Waals surface area contributed by atoms with Crippen LogP contribution in [-0.4, -0.2) is 53.1 Å². The van der Waals surface area contributed by atoms with E-state index in [-0.39, 0.29) is 16.1 Å². The first kappa shape index (κ1) is 24.4. The zero-order valence-electron chi connectivity index (χ0n) is 18.2. The van der Waals surface area contributed by atoms with Crippen LogP contribution in [0.1, 0.15) is 40.5 Å². The summed E-state index contributed by atoms with van der Waals surface area (Å²) in [6.07, 6.45) is 3.63. The third-order valence-corrected chi connectivity index (χ3v) is 7.97. The monoisotopic (exact) mass is 452 g/mol. The average molecular weight is 453 g/mol. The number of nitrogens with one attached hydrogen (secondary N) is 1. The molecule has 0 saturated heterocycles. The highest BCUT2D eigenvalue weighted by molar-refractivity contribution is 8.00. The van der Waals surface area contributed by atoms with Gasteiger partial charge in [0.1, 0.15) is 0 Å². The number of thioether (sulfide) groups is 1. The Bertz CT molecular complexity index is 982. The van der Waals surface area contributed by atoms with Crippen LogP contribution < -0.4 is 5.32 Å². The number of fused-ring (bicyclic) bond motifs is 1. The SMILES string of the molecule is C=CCNC(=O)[C@@H](C)Sc1nc2cc(S(=O)(=O)N(CC)CC)ccc2n1CCCC. The molecule has 0 spiro atoms. The number of benzene rings is 1. The molecule has 0 fully saturated rings. The average Bonchev–Trinajstić information content (AvgIpc) is 3.07. The number of unbranched alkanes of at least 4 members (excludes halogenated alkanes) is 1. The molecular formula is C21H32N4O3S2. The van der Waals surface area contributed by atoms with E-state index in [1.807, 2.05) is 26.8 Å². The molecule has 166 valence electrons. The van der Waals surface area contributed by atoms with Crippen LogP contribution in [0.15, 0.2) is 40.9 Å². The summed E-state index contributed by atoms with van der Waals surface area (Å²) in [5.74, 6) is -0.0844. The highest BCUT2D eigenvalue weighted by atomic mass is 32.2. The molecule has 30 heavy (non-hydrogen) atoms. The number of rotatable bonds is 12. The molecule has 1 N–H and O–H groups in total. The van der Waals surface area contributed by atoms with Crippen molar-refractivity contribution in [3.8, 4) is 0 Å². The molecule has 9 heteroatoms. The van der Waals surface area contributed by atoms with E-state index in [9.17, 15) is 13.2 Å². The number of amides is 1. The van der Waals surface area contributed by atoms with Crippen molar-refractivity contribution < 1.29 is 13.2 Å². The summed E-state index contributed by atoms with van der Waals surface area (Å²) in [5.41, 5.74) is 1.50. The molecule has 2 aromatic rings. The number of imidazole rings is 1. The van der Waals surface area contributed by atoms with Gasteiger partial charge in [0.05, 0.1) is 21.2 Å². The standard InChI is InChI=1S/C21H32N4O3S2/c1-6-10-14-25-19-12-11-17(30(27,28)24(8-3)9-4)15-18(19)23-21(25)29-16(5)20(26)22-13-7-2/h7,11-12,15-16H,2,6,8-10,13-14H2,1,3-5H3,(H,22,26)/t16-/m1/s1. The fraction of sp³-hybridized carbons (Fsp3) is 0.524. The topological polar surface area (TPSA) is 84.3 Å². The van der Waals surface area contributed by atoms with E-state index in [2.05, 4.69) is 23.4 Å². The number of carbonyl (C=O) groups excluding carboxylic acids is 1. The first-order chi connectivity index (χ1) is 14.3. The number of sulfonamides is 1. The predicted molar refractivity (Wildman–Crippen MR) is 123 cm³/mol. The highest BCUT2D eigenvalue weighted by Gasteiger charge is 2.24. The quantitative estimate of drug-likeness (QED) is 0.392. The van der Waals surface area contributed by atoms with Gasteiger partial charge in [-0.25, -0.2) is 13.4 Å². The molecule has 1 atom stereocenters. The van der Waals surface area contributed by atoms with Gasteiger partial charge < -0.3 is 9.88 Å². The van der Waals surface area contributed by atoms with E-state index >= 15 is 0 Å². The van der Waals surface area contributed by atoms with E-state index in [4.69, 9.17) is 4.98 Å². The molecule has 0 saturated carbocycles. The van der Waals surface area contributed by atoms with Gasteiger partial charge in [-0.15, -0.1) is 6.58 Å². The van der Waals surface area contributed by atoms with Gasteiger partial charge in [-0.05, 0) is 31.5 Å². The number of hydrogen-bond donors (Lipinski definition) is 1. The summed E-state index contributed by atoms with van der Waals surface area (Å²) in [7, 11) is -3.56. The molecule has 0 bridgehead atoms. The van der Waals surface area contributed by atoms with Crippen LogP contribution >= 0.6 is 11.8 Å². The Kier molecular flexibility index (Phi) is 8.93. The minimum absolute atomic E-state index is 0.0844. The molecule has 7 nitrogen and oxygen atoms in total. The van der Waals surface area contributed by atoms with Gasteiger partial charge in [0.2, 0.25) is 15.9 Å². The van der Waals surface area contributed by atoms with Crippen LogP contribution in [0.3, 0.4) is 0 Å². The lowest BCUT2D eigenvalue weighted by atomic mass is 10.3. The van der Waals surface area contributed by atoms with Gasteiger partial charge in [-0.1, -0.05) is 45.0 Å². The second-order valence-electron chi connectivity index (χ2n) is 6.93. The smallest absolute Gasteiger partial charge is 0.243 e. The Morgan fingerprint density at radius 3 is 2.63 bits per heavy atom. The Morgan fingerprint density at radius 1 is 1.33 bits per heavy atom. The van der Waals surface area contributed by atoms with Crippen molar-refractivity contribution in [3.63, 3.8) is 0 Å². The lowest BCUT2D eigenvalue weighted by Crippen LogP contribution is -2.31. The lowest BCUT2D eigenvalue weighted by molar-refractivity contribution is -0.120. The van der Waals surface area contributed by atoms with Gasteiger partial charge >= 0.3 is 0 Å². The normalized spacial score (nSPS) is 13.0. The van der Waals surface area contributed by atoms with Gasteiger partial charge in [-0.2, -0.15) is 4.31 Å².